The number of carbonyl (C=O) groups excluding carboxylic acids is 2. The molecule has 1 aliphatic heterocycles. The third kappa shape index (κ3) is 3.08. The summed E-state index contributed by atoms with van der Waals surface area (Å²) in [6.07, 6.45) is 0. The number of rotatable bonds is 2. The summed E-state index contributed by atoms with van der Waals surface area (Å²) in [7, 11) is 0. The van der Waals surface area contributed by atoms with Gasteiger partial charge in [-0.2, -0.15) is 0 Å². The molecule has 0 bridgehead atoms. The summed E-state index contributed by atoms with van der Waals surface area (Å²) in [5.74, 6) is 0.407. The molecule has 0 unspecified atom stereocenters. The summed E-state index contributed by atoms with van der Waals surface area (Å²) in [6, 6.07) is 12.5. The van der Waals surface area contributed by atoms with Gasteiger partial charge in [0.15, 0.2) is 0 Å². The van der Waals surface area contributed by atoms with Gasteiger partial charge in [-0.1, -0.05) is 17.7 Å². The van der Waals surface area contributed by atoms with Crippen LogP contribution in [-0.2, 0) is 4.79 Å². The second kappa shape index (κ2) is 5.61. The van der Waals surface area contributed by atoms with Gasteiger partial charge >= 0.3 is 5.97 Å². The van der Waals surface area contributed by atoms with E-state index in [0.29, 0.717) is 22.8 Å². The van der Waals surface area contributed by atoms with Gasteiger partial charge < -0.3 is 10.1 Å². The van der Waals surface area contributed by atoms with Crippen LogP contribution in [0.2, 0.25) is 0 Å². The number of anilines is 1. The first-order valence-electron chi connectivity index (χ1n) is 6.47. The van der Waals surface area contributed by atoms with Gasteiger partial charge in [0, 0.05) is 4.90 Å². The highest BCUT2D eigenvalue weighted by atomic mass is 32.2. The zero-order valence-corrected chi connectivity index (χ0v) is 12.2. The molecule has 0 aromatic heterocycles. The maximum atomic E-state index is 12.1. The molecule has 0 aliphatic carbocycles. The van der Waals surface area contributed by atoms with Crippen LogP contribution in [0.15, 0.2) is 47.4 Å². The molecule has 0 fully saturated rings. The fourth-order valence-electron chi connectivity index (χ4n) is 1.98. The fraction of sp³-hybridized carbons (Fsp3) is 0.125. The van der Waals surface area contributed by atoms with E-state index in [1.807, 2.05) is 25.1 Å². The van der Waals surface area contributed by atoms with Crippen molar-refractivity contribution in [2.45, 2.75) is 11.8 Å². The van der Waals surface area contributed by atoms with Gasteiger partial charge in [0.05, 0.1) is 17.0 Å². The standard InChI is InChI=1S/C16H13NO3S/c1-10-2-5-12(6-3-10)20-16(19)11-4-7-14-13(8-11)17-15(18)9-21-14/h2-8H,9H2,1H3,(H,17,18). The van der Waals surface area contributed by atoms with Gasteiger partial charge in [-0.05, 0) is 37.3 Å². The van der Waals surface area contributed by atoms with E-state index in [4.69, 9.17) is 4.74 Å². The van der Waals surface area contributed by atoms with Crippen molar-refractivity contribution in [2.75, 3.05) is 11.1 Å². The first kappa shape index (κ1) is 13.7. The Balaban J connectivity index is 1.80. The number of carbonyl (C=O) groups is 2. The quantitative estimate of drug-likeness (QED) is 0.683. The van der Waals surface area contributed by atoms with Crippen molar-refractivity contribution in [3.8, 4) is 5.75 Å². The normalized spacial score (nSPS) is 13.3. The van der Waals surface area contributed by atoms with E-state index < -0.39 is 5.97 Å². The maximum Gasteiger partial charge on any atom is 0.343 e. The number of benzene rings is 2. The zero-order valence-electron chi connectivity index (χ0n) is 11.4. The highest BCUT2D eigenvalue weighted by Crippen LogP contribution is 2.32. The van der Waals surface area contributed by atoms with Crippen molar-refractivity contribution in [2.24, 2.45) is 0 Å². The van der Waals surface area contributed by atoms with Crippen molar-refractivity contribution in [1.82, 2.24) is 0 Å². The van der Waals surface area contributed by atoms with E-state index >= 15 is 0 Å². The Bertz CT molecular complexity index is 710. The molecule has 1 N–H and O–H groups in total. The first-order valence-corrected chi connectivity index (χ1v) is 7.46. The second-order valence-electron chi connectivity index (χ2n) is 4.75. The molecule has 1 heterocycles. The summed E-state index contributed by atoms with van der Waals surface area (Å²) in [5, 5.41) is 2.76. The monoisotopic (exact) mass is 299 g/mol. The van der Waals surface area contributed by atoms with Crippen molar-refractivity contribution in [3.05, 3.63) is 53.6 Å². The summed E-state index contributed by atoms with van der Waals surface area (Å²) in [5.41, 5.74) is 2.18. The number of aryl methyl sites for hydroxylation is 1. The molecule has 106 valence electrons. The number of hydrogen-bond donors (Lipinski definition) is 1. The lowest BCUT2D eigenvalue weighted by Gasteiger charge is -2.16. The van der Waals surface area contributed by atoms with Crippen molar-refractivity contribution < 1.29 is 14.3 Å². The van der Waals surface area contributed by atoms with Gasteiger partial charge in [-0.15, -0.1) is 11.8 Å². The van der Waals surface area contributed by atoms with Gasteiger partial charge in [-0.25, -0.2) is 4.79 Å². The summed E-state index contributed by atoms with van der Waals surface area (Å²) in [4.78, 5) is 24.5. The average Bonchev–Trinajstić information content (AvgIpc) is 2.48. The van der Waals surface area contributed by atoms with Crippen molar-refractivity contribution >= 4 is 29.3 Å². The molecule has 2 aromatic rings. The molecule has 21 heavy (non-hydrogen) atoms. The van der Waals surface area contributed by atoms with Gasteiger partial charge in [0.2, 0.25) is 5.91 Å². The van der Waals surface area contributed by atoms with E-state index in [1.54, 1.807) is 24.3 Å². The maximum absolute atomic E-state index is 12.1. The van der Waals surface area contributed by atoms with Gasteiger partial charge in [0.1, 0.15) is 5.75 Å². The topological polar surface area (TPSA) is 55.4 Å². The Hall–Kier alpha value is -2.27. The summed E-state index contributed by atoms with van der Waals surface area (Å²) < 4.78 is 5.31. The minimum absolute atomic E-state index is 0.0587. The van der Waals surface area contributed by atoms with E-state index in [9.17, 15) is 9.59 Å². The van der Waals surface area contributed by atoms with Crippen LogP contribution in [0, 0.1) is 6.92 Å². The van der Waals surface area contributed by atoms with Crippen LogP contribution in [0.3, 0.4) is 0 Å². The highest BCUT2D eigenvalue weighted by Gasteiger charge is 2.18. The predicted octanol–water partition coefficient (Wildman–Crippen LogP) is 3.26. The number of nitrogens with one attached hydrogen (secondary N) is 1. The lowest BCUT2D eigenvalue weighted by atomic mass is 10.2. The molecule has 0 radical (unpaired) electrons. The fourth-order valence-corrected chi connectivity index (χ4v) is 2.77. The molecule has 1 amide bonds. The molecular weight excluding hydrogens is 286 g/mol. The van der Waals surface area contributed by atoms with E-state index in [2.05, 4.69) is 5.32 Å². The van der Waals surface area contributed by atoms with Crippen LogP contribution in [0.5, 0.6) is 5.75 Å². The predicted molar refractivity (Wildman–Crippen MR) is 81.9 cm³/mol. The Morgan fingerprint density at radius 2 is 1.95 bits per heavy atom. The average molecular weight is 299 g/mol. The van der Waals surface area contributed by atoms with Gasteiger partial charge in [0.25, 0.3) is 0 Å². The zero-order chi connectivity index (χ0) is 14.8. The molecule has 3 rings (SSSR count). The minimum atomic E-state index is -0.438. The van der Waals surface area contributed by atoms with Crippen LogP contribution in [0.25, 0.3) is 0 Å². The van der Waals surface area contributed by atoms with Crippen LogP contribution in [-0.4, -0.2) is 17.6 Å². The van der Waals surface area contributed by atoms with Crippen molar-refractivity contribution in [3.63, 3.8) is 0 Å². The number of fused-ring (bicyclic) bond motifs is 1. The molecule has 0 spiro atoms. The minimum Gasteiger partial charge on any atom is -0.423 e. The van der Waals surface area contributed by atoms with Gasteiger partial charge in [-0.3, -0.25) is 4.79 Å². The van der Waals surface area contributed by atoms with E-state index in [-0.39, 0.29) is 5.91 Å². The molecule has 5 heteroatoms. The van der Waals surface area contributed by atoms with Crippen molar-refractivity contribution in [1.29, 1.82) is 0 Å². The molecule has 0 atom stereocenters. The van der Waals surface area contributed by atoms with Crippen LogP contribution < -0.4 is 10.1 Å². The first-order chi connectivity index (χ1) is 10.1. The Labute approximate surface area is 126 Å². The summed E-state index contributed by atoms with van der Waals surface area (Å²) >= 11 is 1.46. The number of thioether (sulfide) groups is 1. The number of esters is 1. The molecular formula is C16H13NO3S. The van der Waals surface area contributed by atoms with Crippen LogP contribution >= 0.6 is 11.8 Å². The van der Waals surface area contributed by atoms with Crippen LogP contribution in [0.1, 0.15) is 15.9 Å². The molecule has 0 saturated heterocycles. The highest BCUT2D eigenvalue weighted by molar-refractivity contribution is 8.00. The molecule has 0 saturated carbocycles. The third-order valence-corrected chi connectivity index (χ3v) is 4.15. The van der Waals surface area contributed by atoms with Crippen LogP contribution in [0.4, 0.5) is 5.69 Å². The number of ether oxygens (including phenoxy) is 1. The smallest absolute Gasteiger partial charge is 0.343 e. The Morgan fingerprint density at radius 1 is 1.19 bits per heavy atom. The number of hydrogen-bond acceptors (Lipinski definition) is 4. The molecule has 4 nitrogen and oxygen atoms in total. The summed E-state index contributed by atoms with van der Waals surface area (Å²) in [6.45, 7) is 1.97. The van der Waals surface area contributed by atoms with E-state index in [1.165, 1.54) is 11.8 Å². The third-order valence-electron chi connectivity index (χ3n) is 3.08. The lowest BCUT2D eigenvalue weighted by Crippen LogP contribution is -2.19. The molecule has 2 aromatic carbocycles. The second-order valence-corrected chi connectivity index (χ2v) is 5.77. The Kier molecular flexibility index (Phi) is 3.66. The largest absolute Gasteiger partial charge is 0.423 e. The molecule has 1 aliphatic rings. The Morgan fingerprint density at radius 3 is 2.71 bits per heavy atom. The lowest BCUT2D eigenvalue weighted by molar-refractivity contribution is -0.113. The number of amides is 1. The SMILES string of the molecule is Cc1ccc(OC(=O)c2ccc3c(c2)NC(=O)CS3)cc1. The van der Waals surface area contributed by atoms with E-state index in [0.717, 1.165) is 10.5 Å².